The lowest BCUT2D eigenvalue weighted by atomic mass is 9.91. The van der Waals surface area contributed by atoms with Crippen LogP contribution in [0.2, 0.25) is 0 Å². The van der Waals surface area contributed by atoms with Crippen molar-refractivity contribution in [3.63, 3.8) is 0 Å². The fourth-order valence-corrected chi connectivity index (χ4v) is 4.80. The molecule has 0 bridgehead atoms. The van der Waals surface area contributed by atoms with Crippen molar-refractivity contribution in [3.8, 4) is 11.3 Å². The molecular weight excluding hydrogens is 462 g/mol. The predicted octanol–water partition coefficient (Wildman–Crippen LogP) is 5.27. The van der Waals surface area contributed by atoms with Gasteiger partial charge in [-0.25, -0.2) is 23.7 Å². The molecule has 0 saturated carbocycles. The molecule has 5 rings (SSSR count). The summed E-state index contributed by atoms with van der Waals surface area (Å²) in [5.74, 6) is -0.0966. The Labute approximate surface area is 207 Å². The lowest BCUT2D eigenvalue weighted by molar-refractivity contribution is 0.255. The van der Waals surface area contributed by atoms with Crippen molar-refractivity contribution in [2.75, 3.05) is 25.5 Å². The van der Waals surface area contributed by atoms with Crippen LogP contribution in [0, 0.1) is 11.6 Å². The van der Waals surface area contributed by atoms with Crippen molar-refractivity contribution in [1.29, 1.82) is 0 Å². The first kappa shape index (κ1) is 24.0. The van der Waals surface area contributed by atoms with Crippen LogP contribution in [0.25, 0.3) is 22.2 Å². The number of benzene rings is 1. The molecule has 1 aliphatic rings. The second-order valence-electron chi connectivity index (χ2n) is 9.60. The molecule has 0 unspecified atom stereocenters. The predicted molar refractivity (Wildman–Crippen MR) is 137 cm³/mol. The first-order valence-corrected chi connectivity index (χ1v) is 12.1. The molecule has 1 aromatic carbocycles. The van der Waals surface area contributed by atoms with Gasteiger partial charge in [-0.15, -0.1) is 0 Å². The van der Waals surface area contributed by atoms with Crippen LogP contribution in [-0.2, 0) is 0 Å². The lowest BCUT2D eigenvalue weighted by Crippen LogP contribution is -2.29. The van der Waals surface area contributed by atoms with Gasteiger partial charge in [0.15, 0.2) is 5.82 Å². The number of nitrogens with zero attached hydrogens (tertiary/aromatic N) is 5. The normalized spacial score (nSPS) is 15.1. The van der Waals surface area contributed by atoms with Crippen LogP contribution in [-0.4, -0.2) is 44.6 Å². The molecule has 0 aliphatic carbocycles. The summed E-state index contributed by atoms with van der Waals surface area (Å²) in [6, 6.07) is 9.29. The minimum atomic E-state index is -0.695. The molecule has 1 N–H and O–H groups in total. The van der Waals surface area contributed by atoms with Gasteiger partial charge in [0, 0.05) is 29.3 Å². The number of halogens is 2. The van der Waals surface area contributed by atoms with Crippen molar-refractivity contribution >= 4 is 22.7 Å². The maximum absolute atomic E-state index is 15.0. The standard InChI is InChI=1S/C27H28F2N6O/c1-16(2)35-23-13-19(12-21(28)20(23)5-7-25(35)36)26-22(29)15-31-27(33-26)32-24-6-4-18(14-30-24)17-8-10-34(3)11-9-17/h4-7,12-17H,8-11H2,1-3H3,(H,30,31,32,33). The number of rotatable bonds is 5. The van der Waals surface area contributed by atoms with Gasteiger partial charge in [-0.2, -0.15) is 0 Å². The maximum Gasteiger partial charge on any atom is 0.251 e. The molecule has 0 spiro atoms. The monoisotopic (exact) mass is 490 g/mol. The Morgan fingerprint density at radius 1 is 1.00 bits per heavy atom. The minimum absolute atomic E-state index is 0.0668. The van der Waals surface area contributed by atoms with E-state index in [-0.39, 0.29) is 34.2 Å². The van der Waals surface area contributed by atoms with E-state index in [0.29, 0.717) is 17.3 Å². The molecule has 36 heavy (non-hydrogen) atoms. The summed E-state index contributed by atoms with van der Waals surface area (Å²) in [5.41, 5.74) is 1.47. The van der Waals surface area contributed by atoms with Crippen LogP contribution in [0.3, 0.4) is 0 Å². The Hall–Kier alpha value is -3.72. The van der Waals surface area contributed by atoms with E-state index in [2.05, 4.69) is 32.2 Å². The molecule has 3 aromatic heterocycles. The van der Waals surface area contributed by atoms with Gasteiger partial charge in [0.25, 0.3) is 5.56 Å². The number of hydrogen-bond acceptors (Lipinski definition) is 6. The highest BCUT2D eigenvalue weighted by atomic mass is 19.1. The smallest absolute Gasteiger partial charge is 0.251 e. The topological polar surface area (TPSA) is 75.9 Å². The summed E-state index contributed by atoms with van der Waals surface area (Å²) >= 11 is 0. The number of piperidine rings is 1. The maximum atomic E-state index is 15.0. The number of nitrogens with one attached hydrogen (secondary N) is 1. The third-order valence-electron chi connectivity index (χ3n) is 6.75. The zero-order valence-corrected chi connectivity index (χ0v) is 20.5. The van der Waals surface area contributed by atoms with E-state index in [0.717, 1.165) is 32.1 Å². The van der Waals surface area contributed by atoms with E-state index in [1.807, 2.05) is 32.2 Å². The highest BCUT2D eigenvalue weighted by molar-refractivity contribution is 5.85. The molecule has 1 fully saturated rings. The average Bonchev–Trinajstić information content (AvgIpc) is 2.85. The number of pyridine rings is 2. The van der Waals surface area contributed by atoms with Crippen molar-refractivity contribution in [3.05, 3.63) is 76.3 Å². The molecule has 0 amide bonds. The van der Waals surface area contributed by atoms with Gasteiger partial charge < -0.3 is 14.8 Å². The summed E-state index contributed by atoms with van der Waals surface area (Å²) in [4.78, 5) is 27.6. The highest BCUT2D eigenvalue weighted by Crippen LogP contribution is 2.30. The van der Waals surface area contributed by atoms with Gasteiger partial charge in [0.2, 0.25) is 5.95 Å². The molecule has 186 valence electrons. The first-order valence-electron chi connectivity index (χ1n) is 12.1. The van der Waals surface area contributed by atoms with Crippen LogP contribution in [0.5, 0.6) is 0 Å². The largest absolute Gasteiger partial charge is 0.309 e. The minimum Gasteiger partial charge on any atom is -0.309 e. The van der Waals surface area contributed by atoms with E-state index in [1.54, 1.807) is 6.07 Å². The molecule has 7 nitrogen and oxygen atoms in total. The van der Waals surface area contributed by atoms with Crippen molar-refractivity contribution < 1.29 is 8.78 Å². The van der Waals surface area contributed by atoms with Gasteiger partial charge in [-0.1, -0.05) is 6.07 Å². The van der Waals surface area contributed by atoms with E-state index in [1.165, 1.54) is 28.3 Å². The van der Waals surface area contributed by atoms with E-state index in [4.69, 9.17) is 0 Å². The molecule has 0 atom stereocenters. The zero-order chi connectivity index (χ0) is 25.4. The number of hydrogen-bond donors (Lipinski definition) is 1. The van der Waals surface area contributed by atoms with Gasteiger partial charge in [0.05, 0.1) is 11.7 Å². The van der Waals surface area contributed by atoms with Gasteiger partial charge in [-0.05, 0) is 82.6 Å². The Balaban J connectivity index is 1.45. The quantitative estimate of drug-likeness (QED) is 0.411. The molecule has 1 saturated heterocycles. The molecule has 4 heterocycles. The number of anilines is 2. The van der Waals surface area contributed by atoms with E-state index < -0.39 is 11.6 Å². The molecule has 9 heteroatoms. The van der Waals surface area contributed by atoms with Gasteiger partial charge in [-0.3, -0.25) is 4.79 Å². The second-order valence-corrected chi connectivity index (χ2v) is 9.60. The fraction of sp³-hybridized carbons (Fsp3) is 0.333. The second kappa shape index (κ2) is 9.73. The number of likely N-dealkylation sites (tertiary alicyclic amines) is 1. The van der Waals surface area contributed by atoms with Crippen LogP contribution < -0.4 is 10.9 Å². The van der Waals surface area contributed by atoms with Crippen molar-refractivity contribution in [1.82, 2.24) is 24.4 Å². The average molecular weight is 491 g/mol. The molecular formula is C27H28F2N6O. The third kappa shape index (κ3) is 4.70. The first-order chi connectivity index (χ1) is 17.3. The highest BCUT2D eigenvalue weighted by Gasteiger charge is 2.19. The van der Waals surface area contributed by atoms with E-state index >= 15 is 0 Å². The van der Waals surface area contributed by atoms with Crippen LogP contribution in [0.4, 0.5) is 20.5 Å². The van der Waals surface area contributed by atoms with Gasteiger partial charge >= 0.3 is 0 Å². The Morgan fingerprint density at radius 2 is 1.78 bits per heavy atom. The summed E-state index contributed by atoms with van der Waals surface area (Å²) in [6.45, 7) is 5.81. The summed E-state index contributed by atoms with van der Waals surface area (Å²) in [5, 5.41) is 3.30. The Bertz CT molecular complexity index is 1460. The van der Waals surface area contributed by atoms with Crippen molar-refractivity contribution in [2.24, 2.45) is 0 Å². The van der Waals surface area contributed by atoms with Crippen molar-refractivity contribution in [2.45, 2.75) is 38.6 Å². The Morgan fingerprint density at radius 3 is 2.47 bits per heavy atom. The number of aromatic nitrogens is 4. The van der Waals surface area contributed by atoms with Gasteiger partial charge in [0.1, 0.15) is 17.3 Å². The lowest BCUT2D eigenvalue weighted by Gasteiger charge is -2.29. The Kier molecular flexibility index (Phi) is 6.49. The third-order valence-corrected chi connectivity index (χ3v) is 6.75. The van der Waals surface area contributed by atoms with E-state index in [9.17, 15) is 13.6 Å². The van der Waals surface area contributed by atoms with Crippen LogP contribution >= 0.6 is 0 Å². The molecule has 4 aromatic rings. The number of fused-ring (bicyclic) bond motifs is 1. The van der Waals surface area contributed by atoms with Crippen LogP contribution in [0.15, 0.2) is 53.6 Å². The summed E-state index contributed by atoms with van der Waals surface area (Å²) < 4.78 is 31.3. The fourth-order valence-electron chi connectivity index (χ4n) is 4.80. The molecule has 0 radical (unpaired) electrons. The van der Waals surface area contributed by atoms with Crippen LogP contribution in [0.1, 0.15) is 44.2 Å². The zero-order valence-electron chi connectivity index (χ0n) is 20.5. The summed E-state index contributed by atoms with van der Waals surface area (Å²) in [7, 11) is 2.13. The SMILES string of the molecule is CC(C)n1c(=O)ccc2c(F)cc(-c3nc(Nc4ccc(C5CCN(C)CC5)cn4)ncc3F)cc21. The molecule has 1 aliphatic heterocycles. The summed E-state index contributed by atoms with van der Waals surface area (Å²) in [6.07, 6.45) is 5.09.